The Morgan fingerprint density at radius 2 is 2.26 bits per heavy atom. The molecular formula is C14H15N3O2. The fourth-order valence-corrected chi connectivity index (χ4v) is 2.24. The second-order valence-corrected chi connectivity index (χ2v) is 4.56. The summed E-state index contributed by atoms with van der Waals surface area (Å²) < 4.78 is 12.7. The molecule has 0 amide bonds. The highest BCUT2D eigenvalue weighted by molar-refractivity contribution is 5.55. The molecule has 0 saturated carbocycles. The van der Waals surface area contributed by atoms with Gasteiger partial charge in [0.2, 0.25) is 0 Å². The minimum Gasteiger partial charge on any atom is -0.350 e. The van der Waals surface area contributed by atoms with Gasteiger partial charge in [-0.3, -0.25) is 0 Å². The van der Waals surface area contributed by atoms with E-state index in [-0.39, 0.29) is 6.29 Å². The van der Waals surface area contributed by atoms with E-state index in [4.69, 9.17) is 16.0 Å². The molecule has 1 saturated heterocycles. The summed E-state index contributed by atoms with van der Waals surface area (Å²) in [5.41, 5.74) is 2.49. The highest BCUT2D eigenvalue weighted by atomic mass is 16.7. The van der Waals surface area contributed by atoms with E-state index in [0.29, 0.717) is 18.9 Å². The van der Waals surface area contributed by atoms with Crippen LogP contribution in [0.1, 0.15) is 18.5 Å². The average Bonchev–Trinajstić information content (AvgIpc) is 3.06. The van der Waals surface area contributed by atoms with E-state index < -0.39 is 0 Å². The predicted molar refractivity (Wildman–Crippen MR) is 70.1 cm³/mol. The molecule has 0 bridgehead atoms. The molecule has 98 valence electrons. The Morgan fingerprint density at radius 3 is 3.05 bits per heavy atom. The zero-order valence-corrected chi connectivity index (χ0v) is 10.6. The average molecular weight is 257 g/mol. The lowest BCUT2D eigenvalue weighted by Crippen LogP contribution is -2.07. The molecule has 19 heavy (non-hydrogen) atoms. The van der Waals surface area contributed by atoms with Crippen molar-refractivity contribution >= 4 is 11.3 Å². The maximum atomic E-state index is 6.99. The standard InChI is InChI=1S/C14H15N3O2/c1-15-11-5-6-17-10-12(16-13(17)9-11)3-2-4-14-18-7-8-19-14/h5-6,9-10,14H,2-4,7-8H2. The summed E-state index contributed by atoms with van der Waals surface area (Å²) in [4.78, 5) is 7.93. The molecule has 0 aromatic carbocycles. The number of nitrogens with zero attached hydrogens (tertiary/aromatic N) is 3. The lowest BCUT2D eigenvalue weighted by atomic mass is 10.2. The first-order valence-electron chi connectivity index (χ1n) is 6.43. The van der Waals surface area contributed by atoms with Crippen molar-refractivity contribution in [3.8, 4) is 0 Å². The monoisotopic (exact) mass is 257 g/mol. The molecule has 1 fully saturated rings. The Morgan fingerprint density at radius 1 is 1.42 bits per heavy atom. The molecule has 3 heterocycles. The molecule has 0 spiro atoms. The van der Waals surface area contributed by atoms with Crippen LogP contribution in [0.5, 0.6) is 0 Å². The van der Waals surface area contributed by atoms with Crippen LogP contribution >= 0.6 is 0 Å². The van der Waals surface area contributed by atoms with E-state index in [1.165, 1.54) is 0 Å². The molecule has 0 atom stereocenters. The Kier molecular flexibility index (Phi) is 3.45. The van der Waals surface area contributed by atoms with Crippen LogP contribution in [0.2, 0.25) is 0 Å². The van der Waals surface area contributed by atoms with E-state index in [9.17, 15) is 0 Å². The summed E-state index contributed by atoms with van der Waals surface area (Å²) in [5.74, 6) is 0. The Bertz CT molecular complexity index is 609. The predicted octanol–water partition coefficient (Wildman–Crippen LogP) is 2.58. The first kappa shape index (κ1) is 12.2. The van der Waals surface area contributed by atoms with Gasteiger partial charge in [0, 0.05) is 6.20 Å². The largest absolute Gasteiger partial charge is 0.350 e. The first-order chi connectivity index (χ1) is 9.35. The van der Waals surface area contributed by atoms with Crippen molar-refractivity contribution in [2.45, 2.75) is 25.6 Å². The molecule has 0 N–H and O–H groups in total. The fourth-order valence-electron chi connectivity index (χ4n) is 2.24. The van der Waals surface area contributed by atoms with Crippen molar-refractivity contribution in [1.82, 2.24) is 9.38 Å². The quantitative estimate of drug-likeness (QED) is 0.790. The maximum absolute atomic E-state index is 6.99. The van der Waals surface area contributed by atoms with Gasteiger partial charge in [-0.2, -0.15) is 0 Å². The number of hydrogen-bond acceptors (Lipinski definition) is 3. The van der Waals surface area contributed by atoms with Gasteiger partial charge in [0.1, 0.15) is 5.65 Å². The van der Waals surface area contributed by atoms with Crippen LogP contribution in [-0.2, 0) is 15.9 Å². The molecule has 2 aromatic heterocycles. The van der Waals surface area contributed by atoms with Gasteiger partial charge >= 0.3 is 0 Å². The zero-order valence-electron chi connectivity index (χ0n) is 10.6. The van der Waals surface area contributed by atoms with Gasteiger partial charge in [-0.05, 0) is 37.6 Å². The second-order valence-electron chi connectivity index (χ2n) is 4.56. The van der Waals surface area contributed by atoms with Crippen molar-refractivity contribution in [2.24, 2.45) is 0 Å². The lowest BCUT2D eigenvalue weighted by Gasteiger charge is -2.06. The smallest absolute Gasteiger partial charge is 0.192 e. The molecule has 3 rings (SSSR count). The van der Waals surface area contributed by atoms with Crippen LogP contribution in [0.15, 0.2) is 24.5 Å². The summed E-state index contributed by atoms with van der Waals surface area (Å²) in [6.07, 6.45) is 6.65. The van der Waals surface area contributed by atoms with Gasteiger partial charge in [0.05, 0.1) is 25.5 Å². The van der Waals surface area contributed by atoms with Crippen molar-refractivity contribution in [2.75, 3.05) is 13.2 Å². The minimum atomic E-state index is -0.0363. The summed E-state index contributed by atoms with van der Waals surface area (Å²) in [6.45, 7) is 8.41. The van der Waals surface area contributed by atoms with Crippen LogP contribution in [-0.4, -0.2) is 28.9 Å². The molecule has 0 aliphatic carbocycles. The number of aromatic nitrogens is 2. The van der Waals surface area contributed by atoms with E-state index in [0.717, 1.165) is 30.6 Å². The van der Waals surface area contributed by atoms with Crippen LogP contribution in [0.3, 0.4) is 0 Å². The van der Waals surface area contributed by atoms with Gasteiger partial charge in [-0.15, -0.1) is 0 Å². The summed E-state index contributed by atoms with van der Waals surface area (Å²) >= 11 is 0. The van der Waals surface area contributed by atoms with Crippen molar-refractivity contribution in [1.29, 1.82) is 0 Å². The van der Waals surface area contributed by atoms with Crippen LogP contribution < -0.4 is 0 Å². The summed E-state index contributed by atoms with van der Waals surface area (Å²) in [6, 6.07) is 3.60. The van der Waals surface area contributed by atoms with E-state index >= 15 is 0 Å². The highest BCUT2D eigenvalue weighted by Gasteiger charge is 2.15. The SMILES string of the molecule is [C-]#[N+]c1ccn2cc(CCCC3OCCO3)nc2c1. The van der Waals surface area contributed by atoms with Gasteiger partial charge in [0.15, 0.2) is 12.0 Å². The molecule has 0 radical (unpaired) electrons. The maximum Gasteiger partial charge on any atom is 0.192 e. The molecule has 5 heteroatoms. The number of pyridine rings is 1. The lowest BCUT2D eigenvalue weighted by molar-refractivity contribution is -0.0476. The number of aryl methyl sites for hydroxylation is 1. The number of ether oxygens (including phenoxy) is 2. The Labute approximate surface area is 111 Å². The van der Waals surface area contributed by atoms with Gasteiger partial charge in [-0.25, -0.2) is 9.83 Å². The van der Waals surface area contributed by atoms with E-state index in [1.807, 2.05) is 16.8 Å². The molecular weight excluding hydrogens is 242 g/mol. The third-order valence-corrected chi connectivity index (χ3v) is 3.19. The molecule has 2 aromatic rings. The third kappa shape index (κ3) is 2.75. The Balaban J connectivity index is 1.63. The van der Waals surface area contributed by atoms with Gasteiger partial charge in [0.25, 0.3) is 0 Å². The van der Waals surface area contributed by atoms with Crippen LogP contribution in [0.25, 0.3) is 10.5 Å². The number of imidazole rings is 1. The Hall–Kier alpha value is -1.90. The highest BCUT2D eigenvalue weighted by Crippen LogP contribution is 2.17. The van der Waals surface area contributed by atoms with Crippen molar-refractivity contribution < 1.29 is 9.47 Å². The van der Waals surface area contributed by atoms with Gasteiger partial charge in [-0.1, -0.05) is 0 Å². The van der Waals surface area contributed by atoms with Crippen LogP contribution in [0.4, 0.5) is 5.69 Å². The number of fused-ring (bicyclic) bond motifs is 1. The topological polar surface area (TPSA) is 40.1 Å². The molecule has 0 unspecified atom stereocenters. The van der Waals surface area contributed by atoms with Gasteiger partial charge < -0.3 is 13.9 Å². The molecule has 1 aliphatic rings. The number of rotatable bonds is 4. The van der Waals surface area contributed by atoms with Crippen molar-refractivity contribution in [3.63, 3.8) is 0 Å². The van der Waals surface area contributed by atoms with E-state index in [1.54, 1.807) is 12.1 Å². The van der Waals surface area contributed by atoms with Crippen LogP contribution in [0, 0.1) is 6.57 Å². The minimum absolute atomic E-state index is 0.0363. The molecule has 5 nitrogen and oxygen atoms in total. The van der Waals surface area contributed by atoms with Crippen molar-refractivity contribution in [3.05, 3.63) is 41.6 Å². The van der Waals surface area contributed by atoms with E-state index in [2.05, 4.69) is 9.83 Å². The third-order valence-electron chi connectivity index (χ3n) is 3.19. The molecule has 1 aliphatic heterocycles. The fraction of sp³-hybridized carbons (Fsp3) is 0.429. The summed E-state index contributed by atoms with van der Waals surface area (Å²) in [7, 11) is 0. The second kappa shape index (κ2) is 5.39. The first-order valence-corrected chi connectivity index (χ1v) is 6.43. The number of hydrogen-bond donors (Lipinski definition) is 0. The normalized spacial score (nSPS) is 15.9. The summed E-state index contributed by atoms with van der Waals surface area (Å²) in [5, 5.41) is 0. The zero-order chi connectivity index (χ0) is 13.1.